The molecule has 8 rings (SSSR count). The maximum absolute atomic E-state index is 13.5. The van der Waals surface area contributed by atoms with E-state index in [1.807, 2.05) is 17.7 Å². The van der Waals surface area contributed by atoms with Crippen molar-refractivity contribution in [3.63, 3.8) is 0 Å². The minimum Gasteiger partial charge on any atom is -0.478 e. The number of fused-ring (bicyclic) bond motifs is 4. The number of aromatic nitrogens is 4. The predicted molar refractivity (Wildman–Crippen MR) is 138 cm³/mol. The molecule has 2 fully saturated rings. The molecule has 2 N–H and O–H groups in total. The summed E-state index contributed by atoms with van der Waals surface area (Å²) < 4.78 is 2.03. The van der Waals surface area contributed by atoms with Crippen molar-refractivity contribution in [2.75, 3.05) is 18.0 Å². The zero-order valence-corrected chi connectivity index (χ0v) is 20.3. The van der Waals surface area contributed by atoms with Gasteiger partial charge in [-0.2, -0.15) is 5.10 Å². The Morgan fingerprint density at radius 3 is 2.78 bits per heavy atom. The summed E-state index contributed by atoms with van der Waals surface area (Å²) in [4.78, 5) is 37.4. The Morgan fingerprint density at radius 2 is 1.97 bits per heavy atom. The number of amides is 1. The van der Waals surface area contributed by atoms with Crippen molar-refractivity contribution < 1.29 is 14.7 Å². The van der Waals surface area contributed by atoms with Gasteiger partial charge in [0.25, 0.3) is 5.91 Å². The van der Waals surface area contributed by atoms with Crippen LogP contribution in [0.4, 0.5) is 5.82 Å². The molecule has 2 aliphatic heterocycles. The zero-order chi connectivity index (χ0) is 25.0. The fraction of sp³-hybridized carbons (Fsp3) is 0.321. The second-order valence-electron chi connectivity index (χ2n) is 10.8. The number of H-pyrrole nitrogens is 1. The van der Waals surface area contributed by atoms with Crippen molar-refractivity contribution in [2.45, 2.75) is 32.7 Å². The summed E-state index contributed by atoms with van der Waals surface area (Å²) in [6.07, 6.45) is 4.60. The molecule has 1 aromatic carbocycles. The molecular formula is C28H24N6O3. The van der Waals surface area contributed by atoms with Gasteiger partial charge in [-0.25, -0.2) is 14.8 Å². The average Bonchev–Trinajstić information content (AvgIpc) is 3.27. The van der Waals surface area contributed by atoms with Gasteiger partial charge < -0.3 is 14.6 Å². The fourth-order valence-electron chi connectivity index (χ4n) is 6.47. The molecule has 1 saturated carbocycles. The van der Waals surface area contributed by atoms with Crippen LogP contribution < -0.4 is 4.90 Å². The van der Waals surface area contributed by atoms with Crippen molar-refractivity contribution in [3.05, 3.63) is 64.1 Å². The van der Waals surface area contributed by atoms with Gasteiger partial charge in [-0.1, -0.05) is 6.07 Å². The quantitative estimate of drug-likeness (QED) is 0.395. The number of hydrogen-bond donors (Lipinski definition) is 2. The molecule has 4 aliphatic rings. The van der Waals surface area contributed by atoms with Gasteiger partial charge in [-0.05, 0) is 61.8 Å². The molecule has 0 bridgehead atoms. The van der Waals surface area contributed by atoms with Crippen LogP contribution in [-0.4, -0.2) is 55.5 Å². The van der Waals surface area contributed by atoms with E-state index in [2.05, 4.69) is 32.2 Å². The highest BCUT2D eigenvalue weighted by atomic mass is 16.4. The Balaban J connectivity index is 1.26. The number of rotatable bonds is 3. The molecule has 0 spiro atoms. The van der Waals surface area contributed by atoms with Crippen LogP contribution in [0.15, 0.2) is 35.5 Å². The second kappa shape index (κ2) is 7.15. The fourth-order valence-corrected chi connectivity index (χ4v) is 6.47. The van der Waals surface area contributed by atoms with Gasteiger partial charge in [0, 0.05) is 48.0 Å². The van der Waals surface area contributed by atoms with Crippen molar-refractivity contribution in [1.29, 1.82) is 0 Å². The number of piperidine rings is 1. The number of aromatic carboxylic acids is 1. The van der Waals surface area contributed by atoms with E-state index in [9.17, 15) is 14.7 Å². The monoisotopic (exact) mass is 492 g/mol. The minimum atomic E-state index is -1.04. The average molecular weight is 493 g/mol. The van der Waals surface area contributed by atoms with Crippen LogP contribution in [0.1, 0.15) is 56.1 Å². The molecule has 1 saturated heterocycles. The number of aliphatic imine (C=N–C) groups is 1. The van der Waals surface area contributed by atoms with Crippen LogP contribution in [0.25, 0.3) is 22.2 Å². The Hall–Kier alpha value is -4.27. The first-order valence-electron chi connectivity index (χ1n) is 12.8. The molecule has 2 unspecified atom stereocenters. The highest BCUT2D eigenvalue weighted by Crippen LogP contribution is 2.47. The van der Waals surface area contributed by atoms with Gasteiger partial charge in [-0.15, -0.1) is 0 Å². The number of benzene rings is 1. The van der Waals surface area contributed by atoms with Crippen molar-refractivity contribution in [3.8, 4) is 11.3 Å². The van der Waals surface area contributed by atoms with E-state index in [0.29, 0.717) is 29.6 Å². The number of carbonyl (C=O) groups excluding carboxylic acids is 1. The van der Waals surface area contributed by atoms with E-state index < -0.39 is 5.97 Å². The molecule has 9 nitrogen and oxygen atoms in total. The van der Waals surface area contributed by atoms with E-state index in [0.717, 1.165) is 76.5 Å². The molecule has 1 amide bonds. The molecule has 37 heavy (non-hydrogen) atoms. The third-order valence-electron chi connectivity index (χ3n) is 8.51. The standard InChI is InChI=1S/C28H24N6O3/c1-13-18-3-4-22(25(18)32-31-13)29-27(35)21-12-34-9-14-2-5-23(33-10-16-6-17(16)11-33)30-24(14)20-8-15(28(36)37)7-19(21)26(20)34/h2,5,7-8,12,16-17H,3-4,6,9-11H2,1H3,(H,31,32)(H,36,37). The van der Waals surface area contributed by atoms with Crippen molar-refractivity contribution in [1.82, 2.24) is 19.7 Å². The van der Waals surface area contributed by atoms with Crippen LogP contribution in [0.5, 0.6) is 0 Å². The highest BCUT2D eigenvalue weighted by molar-refractivity contribution is 6.17. The summed E-state index contributed by atoms with van der Waals surface area (Å²) in [7, 11) is 0. The minimum absolute atomic E-state index is 0.135. The van der Waals surface area contributed by atoms with E-state index >= 15 is 0 Å². The summed E-state index contributed by atoms with van der Waals surface area (Å²) in [5.74, 6) is 1.10. The molecule has 2 atom stereocenters. The molecule has 0 radical (unpaired) electrons. The van der Waals surface area contributed by atoms with Gasteiger partial charge in [0.05, 0.1) is 28.0 Å². The zero-order valence-electron chi connectivity index (χ0n) is 20.3. The van der Waals surface area contributed by atoms with Crippen LogP contribution in [-0.2, 0) is 13.0 Å². The SMILES string of the molecule is Cc1[nH]nc2c1CCC2=NC(=O)c1cn2c3c(cc(C(=O)O)cc13)-c1nc(N3CC4CC4C3)ccc1C2. The second-order valence-corrected chi connectivity index (χ2v) is 10.8. The van der Waals surface area contributed by atoms with Gasteiger partial charge in [-0.3, -0.25) is 9.89 Å². The van der Waals surface area contributed by atoms with Crippen LogP contribution >= 0.6 is 0 Å². The van der Waals surface area contributed by atoms with Crippen molar-refractivity contribution >= 4 is 34.3 Å². The normalized spacial score (nSPS) is 21.9. The van der Waals surface area contributed by atoms with Crippen LogP contribution in [0, 0.1) is 18.8 Å². The largest absolute Gasteiger partial charge is 0.478 e. The first-order chi connectivity index (χ1) is 17.9. The molecule has 2 aliphatic carbocycles. The Kier molecular flexibility index (Phi) is 4.03. The number of aryl methyl sites for hydroxylation is 1. The molecular weight excluding hydrogens is 468 g/mol. The first-order valence-corrected chi connectivity index (χ1v) is 12.8. The lowest BCUT2D eigenvalue weighted by Crippen LogP contribution is -2.23. The maximum Gasteiger partial charge on any atom is 0.335 e. The number of carbonyl (C=O) groups is 2. The van der Waals surface area contributed by atoms with Gasteiger partial charge in [0.15, 0.2) is 0 Å². The van der Waals surface area contributed by atoms with E-state index in [4.69, 9.17) is 4.98 Å². The summed E-state index contributed by atoms with van der Waals surface area (Å²) in [5.41, 5.74) is 7.47. The molecule has 9 heteroatoms. The predicted octanol–water partition coefficient (Wildman–Crippen LogP) is 3.83. The third-order valence-corrected chi connectivity index (χ3v) is 8.51. The number of hydrogen-bond acceptors (Lipinski definition) is 5. The number of carboxylic acid groups (broad SMARTS) is 1. The molecule has 4 aromatic rings. The number of nitrogens with zero attached hydrogens (tertiary/aromatic N) is 5. The number of nitrogens with one attached hydrogen (secondary N) is 1. The van der Waals surface area contributed by atoms with Crippen LogP contribution in [0.2, 0.25) is 0 Å². The lowest BCUT2D eigenvalue weighted by molar-refractivity contribution is 0.0696. The Labute approximate surface area is 211 Å². The number of carboxylic acids is 1. The van der Waals surface area contributed by atoms with Gasteiger partial charge in [0.2, 0.25) is 0 Å². The maximum atomic E-state index is 13.5. The third kappa shape index (κ3) is 3.00. The number of pyridine rings is 1. The van der Waals surface area contributed by atoms with Crippen molar-refractivity contribution in [2.24, 2.45) is 16.8 Å². The lowest BCUT2D eigenvalue weighted by Gasteiger charge is -2.24. The number of anilines is 1. The van der Waals surface area contributed by atoms with Gasteiger partial charge in [0.1, 0.15) is 11.5 Å². The van der Waals surface area contributed by atoms with E-state index in [1.54, 1.807) is 12.1 Å². The summed E-state index contributed by atoms with van der Waals surface area (Å²) >= 11 is 0. The highest BCUT2D eigenvalue weighted by Gasteiger charge is 2.45. The first kappa shape index (κ1) is 20.9. The molecule has 184 valence electrons. The van der Waals surface area contributed by atoms with E-state index in [1.165, 1.54) is 6.42 Å². The summed E-state index contributed by atoms with van der Waals surface area (Å²) in [6, 6.07) is 7.43. The molecule has 5 heterocycles. The van der Waals surface area contributed by atoms with Crippen LogP contribution in [0.3, 0.4) is 0 Å². The summed E-state index contributed by atoms with van der Waals surface area (Å²) in [5, 5.41) is 17.8. The topological polar surface area (TPSA) is 116 Å². The summed E-state index contributed by atoms with van der Waals surface area (Å²) in [6.45, 7) is 4.61. The van der Waals surface area contributed by atoms with Gasteiger partial charge >= 0.3 is 5.97 Å². The Bertz CT molecular complexity index is 1720. The molecule has 3 aromatic heterocycles. The smallest absolute Gasteiger partial charge is 0.335 e. The number of aromatic amines is 1. The lowest BCUT2D eigenvalue weighted by atomic mass is 9.96. The van der Waals surface area contributed by atoms with E-state index in [-0.39, 0.29) is 11.5 Å². The Morgan fingerprint density at radius 1 is 1.14 bits per heavy atom.